The predicted molar refractivity (Wildman–Crippen MR) is 110 cm³/mol. The van der Waals surface area contributed by atoms with Crippen LogP contribution in [0, 0.1) is 12.3 Å². The summed E-state index contributed by atoms with van der Waals surface area (Å²) in [7, 11) is 0. The average molecular weight is 424 g/mol. The molecule has 2 atom stereocenters. The highest BCUT2D eigenvalue weighted by molar-refractivity contribution is 6.43. The third kappa shape index (κ3) is 3.20. The molecular formula is C19H23Cl2N5O2. The first kappa shape index (κ1) is 19.6. The molecule has 0 radical (unpaired) electrons. The molecule has 0 unspecified atom stereocenters. The maximum Gasteiger partial charge on any atom is 0.356 e. The Bertz CT molecular complexity index is 956. The van der Waals surface area contributed by atoms with Gasteiger partial charge in [0.05, 0.1) is 28.4 Å². The van der Waals surface area contributed by atoms with E-state index in [9.17, 15) is 4.79 Å². The number of aromatic nitrogens is 3. The smallest absolute Gasteiger partial charge is 0.356 e. The average Bonchev–Trinajstić information content (AvgIpc) is 2.94. The largest absolute Gasteiger partial charge is 0.376 e. The summed E-state index contributed by atoms with van der Waals surface area (Å²) in [5.74, 6) is 0.946. The van der Waals surface area contributed by atoms with Gasteiger partial charge in [0.1, 0.15) is 5.82 Å². The molecule has 2 aliphatic heterocycles. The molecular weight excluding hydrogens is 401 g/mol. The van der Waals surface area contributed by atoms with Crippen molar-refractivity contribution in [2.75, 3.05) is 24.6 Å². The number of hydrogen-bond donors (Lipinski definition) is 1. The van der Waals surface area contributed by atoms with Crippen LogP contribution in [0.3, 0.4) is 0 Å². The van der Waals surface area contributed by atoms with E-state index in [-0.39, 0.29) is 17.6 Å². The van der Waals surface area contributed by atoms with Crippen molar-refractivity contribution in [3.05, 3.63) is 44.6 Å². The second-order valence-electron chi connectivity index (χ2n) is 7.65. The van der Waals surface area contributed by atoms with Gasteiger partial charge in [-0.15, -0.1) is 0 Å². The molecule has 9 heteroatoms. The molecule has 0 amide bonds. The lowest BCUT2D eigenvalue weighted by molar-refractivity contribution is 0.0973. The quantitative estimate of drug-likeness (QED) is 0.798. The Kier molecular flexibility index (Phi) is 5.12. The molecule has 2 N–H and O–H groups in total. The number of ether oxygens (including phenoxy) is 1. The number of anilines is 1. The van der Waals surface area contributed by atoms with Gasteiger partial charge in [-0.25, -0.2) is 9.36 Å². The number of nitrogens with two attached hydrogens (primary N) is 1. The molecule has 0 bridgehead atoms. The Hall–Kier alpha value is -1.67. The van der Waals surface area contributed by atoms with Gasteiger partial charge >= 0.3 is 5.69 Å². The molecule has 0 aliphatic carbocycles. The van der Waals surface area contributed by atoms with Crippen LogP contribution >= 0.6 is 23.2 Å². The van der Waals surface area contributed by atoms with Crippen LogP contribution in [0.5, 0.6) is 0 Å². The van der Waals surface area contributed by atoms with Crippen LogP contribution in [-0.2, 0) is 4.74 Å². The van der Waals surface area contributed by atoms with Gasteiger partial charge in [-0.1, -0.05) is 29.3 Å². The fourth-order valence-electron chi connectivity index (χ4n) is 4.20. The van der Waals surface area contributed by atoms with Gasteiger partial charge in [-0.3, -0.25) is 0 Å². The summed E-state index contributed by atoms with van der Waals surface area (Å²) >= 11 is 12.4. The van der Waals surface area contributed by atoms with E-state index in [0.29, 0.717) is 34.1 Å². The fraction of sp³-hybridized carbons (Fsp3) is 0.526. The summed E-state index contributed by atoms with van der Waals surface area (Å²) in [5.41, 5.74) is 6.43. The van der Waals surface area contributed by atoms with Crippen molar-refractivity contribution in [2.45, 2.75) is 38.8 Å². The lowest BCUT2D eigenvalue weighted by atomic mass is 9.73. The number of hydrogen-bond acceptors (Lipinski definition) is 6. The van der Waals surface area contributed by atoms with E-state index in [2.05, 4.69) is 9.97 Å². The van der Waals surface area contributed by atoms with E-state index in [4.69, 9.17) is 33.7 Å². The molecule has 2 aliphatic rings. The monoisotopic (exact) mass is 423 g/mol. The van der Waals surface area contributed by atoms with Crippen molar-refractivity contribution in [1.29, 1.82) is 0 Å². The topological polar surface area (TPSA) is 86.3 Å². The second-order valence-corrected chi connectivity index (χ2v) is 8.44. The number of halogens is 2. The molecule has 1 aromatic heterocycles. The summed E-state index contributed by atoms with van der Waals surface area (Å²) in [4.78, 5) is 23.6. The van der Waals surface area contributed by atoms with E-state index < -0.39 is 5.69 Å². The minimum absolute atomic E-state index is 0.00819. The normalized spacial score (nSPS) is 24.1. The van der Waals surface area contributed by atoms with Crippen molar-refractivity contribution >= 4 is 29.2 Å². The van der Waals surface area contributed by atoms with Crippen LogP contribution < -0.4 is 16.3 Å². The van der Waals surface area contributed by atoms with Gasteiger partial charge < -0.3 is 15.4 Å². The lowest BCUT2D eigenvalue weighted by Crippen LogP contribution is -2.51. The summed E-state index contributed by atoms with van der Waals surface area (Å²) in [5, 5.41) is 0.676. The van der Waals surface area contributed by atoms with Gasteiger partial charge in [-0.05, 0) is 38.8 Å². The third-order valence-electron chi connectivity index (χ3n) is 6.03. The van der Waals surface area contributed by atoms with E-state index in [1.54, 1.807) is 25.1 Å². The number of aryl methyl sites for hydroxylation is 1. The first-order valence-corrected chi connectivity index (χ1v) is 10.1. The van der Waals surface area contributed by atoms with Crippen molar-refractivity contribution < 1.29 is 4.74 Å². The van der Waals surface area contributed by atoms with Crippen molar-refractivity contribution in [3.63, 3.8) is 0 Å². The maximum absolute atomic E-state index is 12.8. The molecule has 1 spiro atoms. The highest BCUT2D eigenvalue weighted by Crippen LogP contribution is 2.41. The third-order valence-corrected chi connectivity index (χ3v) is 6.84. The van der Waals surface area contributed by atoms with E-state index in [1.165, 1.54) is 4.57 Å². The number of nitrogens with zero attached hydrogens (tertiary/aromatic N) is 4. The summed E-state index contributed by atoms with van der Waals surface area (Å²) in [6.07, 6.45) is 1.87. The summed E-state index contributed by atoms with van der Waals surface area (Å²) < 4.78 is 7.15. The van der Waals surface area contributed by atoms with Gasteiger partial charge in [0.15, 0.2) is 0 Å². The van der Waals surface area contributed by atoms with E-state index >= 15 is 0 Å². The zero-order valence-electron chi connectivity index (χ0n) is 15.9. The zero-order chi connectivity index (χ0) is 20.1. The highest BCUT2D eigenvalue weighted by Gasteiger charge is 2.47. The van der Waals surface area contributed by atoms with E-state index in [0.717, 1.165) is 25.9 Å². The van der Waals surface area contributed by atoms with Gasteiger partial charge in [0.2, 0.25) is 5.95 Å². The van der Waals surface area contributed by atoms with Crippen molar-refractivity contribution in [1.82, 2.24) is 14.5 Å². The van der Waals surface area contributed by atoms with Crippen molar-refractivity contribution in [2.24, 2.45) is 11.1 Å². The lowest BCUT2D eigenvalue weighted by Gasteiger charge is -2.41. The molecule has 2 saturated heterocycles. The van der Waals surface area contributed by atoms with Gasteiger partial charge in [0, 0.05) is 24.5 Å². The van der Waals surface area contributed by atoms with Crippen LogP contribution in [0.4, 0.5) is 5.95 Å². The van der Waals surface area contributed by atoms with Gasteiger partial charge in [0.25, 0.3) is 0 Å². The first-order chi connectivity index (χ1) is 13.3. The Labute approximate surface area is 173 Å². The predicted octanol–water partition coefficient (Wildman–Crippen LogP) is 2.58. The molecule has 3 heterocycles. The molecule has 4 rings (SSSR count). The number of rotatable bonds is 2. The van der Waals surface area contributed by atoms with Crippen LogP contribution in [0.1, 0.15) is 25.6 Å². The molecule has 28 heavy (non-hydrogen) atoms. The minimum atomic E-state index is -0.429. The Morgan fingerprint density at radius 1 is 1.25 bits per heavy atom. The Balaban J connectivity index is 1.60. The maximum atomic E-state index is 12.8. The zero-order valence-corrected chi connectivity index (χ0v) is 17.4. The number of benzene rings is 1. The molecule has 0 saturated carbocycles. The van der Waals surface area contributed by atoms with Crippen molar-refractivity contribution in [3.8, 4) is 5.69 Å². The standard InChI is InChI=1S/C19H23Cl2N5O2/c1-11-16(22)19(10-28-11)6-8-25(9-7-19)17-23-12(2)26(18(27)24-17)14-5-3-4-13(20)15(14)21/h3-5,11,16H,6-10,22H2,1-2H3/t11-,16+/m0/s1. The highest BCUT2D eigenvalue weighted by atomic mass is 35.5. The van der Waals surface area contributed by atoms with Gasteiger partial charge in [-0.2, -0.15) is 9.97 Å². The Morgan fingerprint density at radius 2 is 1.96 bits per heavy atom. The number of piperidine rings is 1. The summed E-state index contributed by atoms with van der Waals surface area (Å²) in [6, 6.07) is 5.17. The SMILES string of the molecule is Cc1nc(N2CCC3(CC2)CO[C@@H](C)[C@H]3N)nc(=O)n1-c1cccc(Cl)c1Cl. The molecule has 2 fully saturated rings. The van der Waals surface area contributed by atoms with Crippen LogP contribution in [0.2, 0.25) is 10.0 Å². The fourth-order valence-corrected chi connectivity index (χ4v) is 4.58. The first-order valence-electron chi connectivity index (χ1n) is 9.37. The summed E-state index contributed by atoms with van der Waals surface area (Å²) in [6.45, 7) is 5.96. The molecule has 2 aromatic rings. The van der Waals surface area contributed by atoms with Crippen LogP contribution in [0.25, 0.3) is 5.69 Å². The van der Waals surface area contributed by atoms with Crippen LogP contribution in [0.15, 0.2) is 23.0 Å². The second kappa shape index (κ2) is 7.30. The molecule has 150 valence electrons. The van der Waals surface area contributed by atoms with Crippen LogP contribution in [-0.4, -0.2) is 46.4 Å². The molecule has 7 nitrogen and oxygen atoms in total. The Morgan fingerprint density at radius 3 is 2.57 bits per heavy atom. The molecule has 1 aromatic carbocycles. The van der Waals surface area contributed by atoms with E-state index in [1.807, 2.05) is 11.8 Å². The minimum Gasteiger partial charge on any atom is -0.376 e.